The zero-order valence-corrected chi connectivity index (χ0v) is 6.53. The smallest absolute Gasteiger partial charge is 0.340 e. The van der Waals surface area contributed by atoms with E-state index in [0.717, 1.165) is 0 Å². The second-order valence-electron chi connectivity index (χ2n) is 2.29. The van der Waals surface area contributed by atoms with Gasteiger partial charge in [0.15, 0.2) is 11.8 Å². The zero-order chi connectivity index (χ0) is 9.14. The van der Waals surface area contributed by atoms with E-state index in [4.69, 9.17) is 11.5 Å². The van der Waals surface area contributed by atoms with Gasteiger partial charge in [-0.15, -0.1) is 0 Å². The van der Waals surface area contributed by atoms with Crippen LogP contribution < -0.4 is 17.2 Å². The van der Waals surface area contributed by atoms with E-state index in [1.165, 1.54) is 0 Å². The second kappa shape index (κ2) is 3.07. The molecule has 0 fully saturated rings. The summed E-state index contributed by atoms with van der Waals surface area (Å²) >= 11 is 0. The molecule has 7 nitrogen and oxygen atoms in total. The highest BCUT2D eigenvalue weighted by molar-refractivity contribution is 5.75. The molecule has 1 aromatic heterocycles. The number of nitrogens with zero attached hydrogens (tertiary/aromatic N) is 2. The first kappa shape index (κ1) is 8.31. The van der Waals surface area contributed by atoms with Crippen LogP contribution in [-0.2, 0) is 0 Å². The molecule has 0 aliphatic rings. The molecule has 0 saturated carbocycles. The van der Waals surface area contributed by atoms with E-state index in [1.54, 1.807) is 6.92 Å². The van der Waals surface area contributed by atoms with E-state index in [0.29, 0.717) is 5.82 Å². The van der Waals surface area contributed by atoms with Crippen LogP contribution in [0.25, 0.3) is 0 Å². The van der Waals surface area contributed by atoms with Crippen molar-refractivity contribution >= 4 is 5.96 Å². The summed E-state index contributed by atoms with van der Waals surface area (Å²) in [5.41, 5.74) is 9.90. The molecule has 6 N–H and O–H groups in total. The van der Waals surface area contributed by atoms with Crippen LogP contribution in [0.1, 0.15) is 18.8 Å². The number of aliphatic imine (C=N–C) groups is 1. The molecule has 0 aliphatic carbocycles. The Morgan fingerprint density at radius 2 is 2.33 bits per heavy atom. The number of aromatic nitrogens is 3. The van der Waals surface area contributed by atoms with Gasteiger partial charge in [0.05, 0.1) is 0 Å². The van der Waals surface area contributed by atoms with Gasteiger partial charge in [-0.1, -0.05) is 0 Å². The lowest BCUT2D eigenvalue weighted by molar-refractivity contribution is 0.744. The van der Waals surface area contributed by atoms with Gasteiger partial charge in [-0.05, 0) is 6.92 Å². The lowest BCUT2D eigenvalue weighted by Gasteiger charge is -1.99. The minimum atomic E-state index is -0.373. The highest BCUT2D eigenvalue weighted by atomic mass is 16.1. The van der Waals surface area contributed by atoms with E-state index >= 15 is 0 Å². The molecule has 0 spiro atoms. The molecule has 0 saturated heterocycles. The number of nitrogens with one attached hydrogen (secondary N) is 2. The molecule has 12 heavy (non-hydrogen) atoms. The Kier molecular flexibility index (Phi) is 2.13. The fourth-order valence-electron chi connectivity index (χ4n) is 0.766. The van der Waals surface area contributed by atoms with E-state index in [1.807, 2.05) is 0 Å². The van der Waals surface area contributed by atoms with Gasteiger partial charge in [-0.3, -0.25) is 4.98 Å². The summed E-state index contributed by atoms with van der Waals surface area (Å²) in [6, 6.07) is -0.339. The number of rotatable bonds is 2. The summed E-state index contributed by atoms with van der Waals surface area (Å²) < 4.78 is 0. The normalized spacial score (nSPS) is 12.4. The number of hydrogen-bond acceptors (Lipinski definition) is 3. The first-order valence-electron chi connectivity index (χ1n) is 3.33. The SMILES string of the molecule is CC(N=C(N)N)c1n[nH]c(=O)[nH]1. The van der Waals surface area contributed by atoms with Crippen LogP contribution in [0.2, 0.25) is 0 Å². The maximum absolute atomic E-state index is 10.6. The van der Waals surface area contributed by atoms with Crippen molar-refractivity contribution in [2.24, 2.45) is 16.5 Å². The maximum atomic E-state index is 10.6. The zero-order valence-electron chi connectivity index (χ0n) is 6.53. The number of nitrogens with two attached hydrogens (primary N) is 2. The highest BCUT2D eigenvalue weighted by Gasteiger charge is 2.06. The molecule has 0 amide bonds. The molecule has 66 valence electrons. The summed E-state index contributed by atoms with van der Waals surface area (Å²) in [6.45, 7) is 1.71. The fourth-order valence-corrected chi connectivity index (χ4v) is 0.766. The van der Waals surface area contributed by atoms with Gasteiger partial charge in [0.1, 0.15) is 6.04 Å². The van der Waals surface area contributed by atoms with Crippen molar-refractivity contribution < 1.29 is 0 Å². The van der Waals surface area contributed by atoms with Crippen molar-refractivity contribution in [3.63, 3.8) is 0 Å². The van der Waals surface area contributed by atoms with E-state index in [-0.39, 0.29) is 17.7 Å². The van der Waals surface area contributed by atoms with Crippen molar-refractivity contribution in [1.82, 2.24) is 15.2 Å². The van der Waals surface area contributed by atoms with Gasteiger partial charge in [0, 0.05) is 0 Å². The maximum Gasteiger partial charge on any atom is 0.340 e. The first-order chi connectivity index (χ1) is 5.59. The van der Waals surface area contributed by atoms with E-state index in [9.17, 15) is 4.79 Å². The average molecular weight is 170 g/mol. The third kappa shape index (κ3) is 1.84. The molecule has 1 rings (SSSR count). The number of hydrogen-bond donors (Lipinski definition) is 4. The molecule has 1 heterocycles. The molecule has 1 atom stereocenters. The molecule has 1 unspecified atom stereocenters. The van der Waals surface area contributed by atoms with Crippen molar-refractivity contribution in [3.8, 4) is 0 Å². The van der Waals surface area contributed by atoms with E-state index in [2.05, 4.69) is 20.2 Å². The van der Waals surface area contributed by atoms with Gasteiger partial charge in [-0.2, -0.15) is 5.10 Å². The third-order valence-corrected chi connectivity index (χ3v) is 1.26. The predicted molar refractivity (Wildman–Crippen MR) is 43.4 cm³/mol. The quantitative estimate of drug-likeness (QED) is 0.316. The minimum absolute atomic E-state index is 0.0358. The summed E-state index contributed by atoms with van der Waals surface area (Å²) in [6.07, 6.45) is 0. The largest absolute Gasteiger partial charge is 0.370 e. The Balaban J connectivity index is 2.85. The Bertz CT molecular complexity index is 332. The molecular weight excluding hydrogens is 160 g/mol. The topological polar surface area (TPSA) is 126 Å². The Morgan fingerprint density at radius 1 is 1.67 bits per heavy atom. The Hall–Kier alpha value is -1.79. The summed E-state index contributed by atoms with van der Waals surface area (Å²) in [5, 5.41) is 5.87. The third-order valence-electron chi connectivity index (χ3n) is 1.26. The molecule has 0 aromatic carbocycles. The van der Waals surface area contributed by atoms with Crippen molar-refractivity contribution in [2.75, 3.05) is 0 Å². The Labute approximate surface area is 67.9 Å². The fraction of sp³-hybridized carbons (Fsp3) is 0.400. The van der Waals surface area contributed by atoms with Crippen molar-refractivity contribution in [2.45, 2.75) is 13.0 Å². The molecular formula is C5H10N6O. The minimum Gasteiger partial charge on any atom is -0.370 e. The highest BCUT2D eigenvalue weighted by Crippen LogP contribution is 2.07. The molecule has 0 aliphatic heterocycles. The van der Waals surface area contributed by atoms with Crippen LogP contribution in [0.15, 0.2) is 9.79 Å². The van der Waals surface area contributed by atoms with Crippen molar-refractivity contribution in [3.05, 3.63) is 16.3 Å². The van der Waals surface area contributed by atoms with Crippen LogP contribution in [0.5, 0.6) is 0 Å². The Morgan fingerprint density at radius 3 is 2.75 bits per heavy atom. The lowest BCUT2D eigenvalue weighted by Crippen LogP contribution is -2.23. The van der Waals surface area contributed by atoms with Gasteiger partial charge in [0.25, 0.3) is 0 Å². The number of guanidine groups is 1. The van der Waals surface area contributed by atoms with Gasteiger partial charge >= 0.3 is 5.69 Å². The molecule has 7 heteroatoms. The van der Waals surface area contributed by atoms with Crippen LogP contribution in [0, 0.1) is 0 Å². The summed E-state index contributed by atoms with van der Waals surface area (Å²) in [7, 11) is 0. The van der Waals surface area contributed by atoms with Crippen molar-refractivity contribution in [1.29, 1.82) is 0 Å². The molecule has 0 bridgehead atoms. The summed E-state index contributed by atoms with van der Waals surface area (Å²) in [5.74, 6) is 0.375. The molecule has 1 aromatic rings. The second-order valence-corrected chi connectivity index (χ2v) is 2.29. The first-order valence-corrected chi connectivity index (χ1v) is 3.33. The number of aromatic amines is 2. The summed E-state index contributed by atoms with van der Waals surface area (Å²) in [4.78, 5) is 16.8. The van der Waals surface area contributed by atoms with Crippen LogP contribution in [0.4, 0.5) is 0 Å². The van der Waals surface area contributed by atoms with Crippen LogP contribution in [0.3, 0.4) is 0 Å². The van der Waals surface area contributed by atoms with Gasteiger partial charge in [0.2, 0.25) is 0 Å². The van der Waals surface area contributed by atoms with Gasteiger partial charge < -0.3 is 11.5 Å². The van der Waals surface area contributed by atoms with Crippen LogP contribution >= 0.6 is 0 Å². The lowest BCUT2D eigenvalue weighted by atomic mass is 10.3. The molecule has 0 radical (unpaired) electrons. The van der Waals surface area contributed by atoms with Gasteiger partial charge in [-0.25, -0.2) is 14.9 Å². The van der Waals surface area contributed by atoms with Crippen LogP contribution in [-0.4, -0.2) is 21.1 Å². The monoisotopic (exact) mass is 170 g/mol. The number of H-pyrrole nitrogens is 2. The average Bonchev–Trinajstić information content (AvgIpc) is 2.34. The predicted octanol–water partition coefficient (Wildman–Crippen LogP) is -1.57. The standard InChI is InChI=1S/C5H10N6O/c1-2(8-4(6)7)3-9-5(12)11-10-3/h2H,1H3,(H4,6,7,8)(H2,9,10,11,12). The van der Waals surface area contributed by atoms with E-state index < -0.39 is 0 Å².